The first-order chi connectivity index (χ1) is 9.61. The fourth-order valence-corrected chi connectivity index (χ4v) is 2.36. The predicted molar refractivity (Wildman–Crippen MR) is 72.3 cm³/mol. The highest BCUT2D eigenvalue weighted by molar-refractivity contribution is 6.01. The number of carbonyl (C=O) groups excluding carboxylic acids is 2. The van der Waals surface area contributed by atoms with Crippen LogP contribution in [0, 0.1) is 5.82 Å². The molecule has 1 heterocycles. The summed E-state index contributed by atoms with van der Waals surface area (Å²) < 4.78 is 18.3. The first-order valence-corrected chi connectivity index (χ1v) is 6.76. The minimum Gasteiger partial charge on any atom is -0.496 e. The molecule has 1 aromatic rings. The first kappa shape index (κ1) is 14.5. The molecule has 1 aromatic carbocycles. The lowest BCUT2D eigenvalue weighted by Crippen LogP contribution is -2.35. The molecule has 4 nitrogen and oxygen atoms in total. The zero-order valence-electron chi connectivity index (χ0n) is 11.5. The van der Waals surface area contributed by atoms with E-state index in [-0.39, 0.29) is 23.8 Å². The number of ketones is 1. The number of nitrogens with zero attached hydrogens (tertiary/aromatic N) is 1. The van der Waals surface area contributed by atoms with Gasteiger partial charge < -0.3 is 9.64 Å². The molecule has 0 N–H and O–H groups in total. The summed E-state index contributed by atoms with van der Waals surface area (Å²) in [5.74, 6) is -0.460. The number of likely N-dealkylation sites (tertiary alicyclic amines) is 1. The molecule has 20 heavy (non-hydrogen) atoms. The van der Waals surface area contributed by atoms with Crippen molar-refractivity contribution in [2.45, 2.75) is 25.7 Å². The number of hydrogen-bond donors (Lipinski definition) is 0. The fourth-order valence-electron chi connectivity index (χ4n) is 2.36. The van der Waals surface area contributed by atoms with Gasteiger partial charge in [0.2, 0.25) is 5.91 Å². The molecule has 0 unspecified atom stereocenters. The quantitative estimate of drug-likeness (QED) is 0.795. The maximum atomic E-state index is 13.3. The lowest BCUT2D eigenvalue weighted by molar-refractivity contribution is -0.130. The molecule has 1 fully saturated rings. The van der Waals surface area contributed by atoms with Gasteiger partial charge in [-0.2, -0.15) is 0 Å². The van der Waals surface area contributed by atoms with Gasteiger partial charge in [0, 0.05) is 13.0 Å². The molecule has 0 radical (unpaired) electrons. The Balaban J connectivity index is 2.15. The smallest absolute Gasteiger partial charge is 0.222 e. The van der Waals surface area contributed by atoms with Crippen molar-refractivity contribution in [1.29, 1.82) is 0 Å². The molecular formula is C15H18FNO3. The van der Waals surface area contributed by atoms with Crippen LogP contribution in [0.4, 0.5) is 4.39 Å². The molecule has 1 aliphatic heterocycles. The van der Waals surface area contributed by atoms with Gasteiger partial charge >= 0.3 is 0 Å². The molecule has 0 bridgehead atoms. The highest BCUT2D eigenvalue weighted by atomic mass is 19.1. The first-order valence-electron chi connectivity index (χ1n) is 6.76. The van der Waals surface area contributed by atoms with Crippen molar-refractivity contribution >= 4 is 11.7 Å². The van der Waals surface area contributed by atoms with E-state index in [1.807, 2.05) is 0 Å². The summed E-state index contributed by atoms with van der Waals surface area (Å²) in [4.78, 5) is 25.7. The summed E-state index contributed by atoms with van der Waals surface area (Å²) >= 11 is 0. The Morgan fingerprint density at radius 1 is 1.35 bits per heavy atom. The Morgan fingerprint density at radius 2 is 2.15 bits per heavy atom. The molecule has 0 saturated carbocycles. The van der Waals surface area contributed by atoms with Crippen molar-refractivity contribution in [3.05, 3.63) is 29.6 Å². The van der Waals surface area contributed by atoms with E-state index in [4.69, 9.17) is 4.74 Å². The van der Waals surface area contributed by atoms with Crippen LogP contribution in [0.1, 0.15) is 36.0 Å². The number of methoxy groups -OCH3 is 1. The second kappa shape index (κ2) is 6.50. The number of amides is 1. The lowest BCUT2D eigenvalue weighted by Gasteiger charge is -2.20. The molecule has 0 aliphatic carbocycles. The second-order valence-corrected chi connectivity index (χ2v) is 4.89. The number of halogens is 1. The molecule has 5 heteroatoms. The van der Waals surface area contributed by atoms with Gasteiger partial charge in [0.1, 0.15) is 11.6 Å². The molecule has 1 saturated heterocycles. The van der Waals surface area contributed by atoms with Crippen molar-refractivity contribution in [3.63, 3.8) is 0 Å². The van der Waals surface area contributed by atoms with Gasteiger partial charge in [-0.15, -0.1) is 0 Å². The van der Waals surface area contributed by atoms with Crippen molar-refractivity contribution in [1.82, 2.24) is 4.90 Å². The molecule has 108 valence electrons. The lowest BCUT2D eigenvalue weighted by atomic mass is 10.1. The van der Waals surface area contributed by atoms with Crippen LogP contribution in [-0.2, 0) is 4.79 Å². The number of Topliss-reactive ketones (excluding diaryl/α,β-unsaturated/α-hetero) is 1. The molecule has 0 spiro atoms. The SMILES string of the molecule is COc1ccc(F)cc1C(=O)CN1CCCCCC1=O. The molecule has 1 aliphatic rings. The van der Waals surface area contributed by atoms with Gasteiger partial charge in [0.15, 0.2) is 5.78 Å². The van der Waals surface area contributed by atoms with Crippen LogP contribution in [0.3, 0.4) is 0 Å². The molecule has 0 aromatic heterocycles. The van der Waals surface area contributed by atoms with Gasteiger partial charge in [0.05, 0.1) is 19.2 Å². The topological polar surface area (TPSA) is 46.6 Å². The summed E-state index contributed by atoms with van der Waals surface area (Å²) in [6, 6.07) is 3.82. The minimum absolute atomic E-state index is 0.00813. The molecule has 1 amide bonds. The van der Waals surface area contributed by atoms with Gasteiger partial charge in [-0.25, -0.2) is 4.39 Å². The Kier molecular flexibility index (Phi) is 4.71. The molecule has 0 atom stereocenters. The highest BCUT2D eigenvalue weighted by Crippen LogP contribution is 2.21. The van der Waals surface area contributed by atoms with Crippen molar-refractivity contribution in [3.8, 4) is 5.75 Å². The van der Waals surface area contributed by atoms with Crippen LogP contribution >= 0.6 is 0 Å². The van der Waals surface area contributed by atoms with Crippen LogP contribution in [0.25, 0.3) is 0 Å². The van der Waals surface area contributed by atoms with E-state index in [2.05, 4.69) is 0 Å². The van der Waals surface area contributed by atoms with Crippen LogP contribution in [0.2, 0.25) is 0 Å². The van der Waals surface area contributed by atoms with Gasteiger partial charge in [-0.1, -0.05) is 6.42 Å². The normalized spacial score (nSPS) is 15.9. The average Bonchev–Trinajstić information content (AvgIpc) is 2.64. The maximum Gasteiger partial charge on any atom is 0.222 e. The fraction of sp³-hybridized carbons (Fsp3) is 0.467. The third-order valence-electron chi connectivity index (χ3n) is 3.47. The van der Waals surface area contributed by atoms with E-state index >= 15 is 0 Å². The van der Waals surface area contributed by atoms with Crippen molar-refractivity contribution in [2.75, 3.05) is 20.2 Å². The molecule has 2 rings (SSSR count). The average molecular weight is 279 g/mol. The van der Waals surface area contributed by atoms with Crippen LogP contribution in [-0.4, -0.2) is 36.8 Å². The third-order valence-corrected chi connectivity index (χ3v) is 3.47. The minimum atomic E-state index is -0.489. The Labute approximate surface area is 117 Å². The van der Waals surface area contributed by atoms with Gasteiger partial charge in [0.25, 0.3) is 0 Å². The predicted octanol–water partition coefficient (Wildman–Crippen LogP) is 2.42. The van der Waals surface area contributed by atoms with Crippen LogP contribution in [0.15, 0.2) is 18.2 Å². The number of ether oxygens (including phenoxy) is 1. The summed E-state index contributed by atoms with van der Waals surface area (Å²) in [5.41, 5.74) is 0.185. The highest BCUT2D eigenvalue weighted by Gasteiger charge is 2.22. The van der Waals surface area contributed by atoms with E-state index in [9.17, 15) is 14.0 Å². The number of carbonyl (C=O) groups is 2. The van der Waals surface area contributed by atoms with E-state index in [0.717, 1.165) is 25.3 Å². The summed E-state index contributed by atoms with van der Waals surface area (Å²) in [6.45, 7) is 0.570. The zero-order chi connectivity index (χ0) is 14.5. The van der Waals surface area contributed by atoms with Crippen LogP contribution in [0.5, 0.6) is 5.75 Å². The van der Waals surface area contributed by atoms with E-state index in [0.29, 0.717) is 18.7 Å². The zero-order valence-corrected chi connectivity index (χ0v) is 11.5. The summed E-state index contributed by atoms with van der Waals surface area (Å²) in [5, 5.41) is 0. The number of benzene rings is 1. The monoisotopic (exact) mass is 279 g/mol. The summed E-state index contributed by atoms with van der Waals surface area (Å²) in [6.07, 6.45) is 3.25. The maximum absolute atomic E-state index is 13.3. The van der Waals surface area contributed by atoms with E-state index in [1.54, 1.807) is 4.90 Å². The molecular weight excluding hydrogens is 261 g/mol. The van der Waals surface area contributed by atoms with Gasteiger partial charge in [-0.05, 0) is 31.0 Å². The Morgan fingerprint density at radius 3 is 2.90 bits per heavy atom. The van der Waals surface area contributed by atoms with Gasteiger partial charge in [-0.3, -0.25) is 9.59 Å². The van der Waals surface area contributed by atoms with Crippen LogP contribution < -0.4 is 4.74 Å². The number of hydrogen-bond acceptors (Lipinski definition) is 3. The number of rotatable bonds is 4. The van der Waals surface area contributed by atoms with E-state index in [1.165, 1.54) is 19.2 Å². The van der Waals surface area contributed by atoms with Crippen molar-refractivity contribution < 1.29 is 18.7 Å². The van der Waals surface area contributed by atoms with E-state index < -0.39 is 5.82 Å². The largest absolute Gasteiger partial charge is 0.496 e. The standard InChI is InChI=1S/C15H18FNO3/c1-20-14-7-6-11(16)9-12(14)13(18)10-17-8-4-2-3-5-15(17)19/h6-7,9H,2-5,8,10H2,1H3. The second-order valence-electron chi connectivity index (χ2n) is 4.89. The summed E-state index contributed by atoms with van der Waals surface area (Å²) in [7, 11) is 1.43. The Hall–Kier alpha value is -1.91. The Bertz CT molecular complexity index is 516. The third kappa shape index (κ3) is 3.35. The van der Waals surface area contributed by atoms with Crippen molar-refractivity contribution in [2.24, 2.45) is 0 Å².